The minimum atomic E-state index is -1.82. The van der Waals surface area contributed by atoms with Crippen molar-refractivity contribution in [3.63, 3.8) is 0 Å². The summed E-state index contributed by atoms with van der Waals surface area (Å²) in [6.45, 7) is 5.56. The van der Waals surface area contributed by atoms with Gasteiger partial charge in [-0.2, -0.15) is 5.26 Å². The summed E-state index contributed by atoms with van der Waals surface area (Å²) in [6.07, 6.45) is 2.09. The molecule has 31 heavy (non-hydrogen) atoms. The number of likely N-dealkylation sites (tertiary alicyclic amines) is 1. The molecule has 0 aliphatic carbocycles. The summed E-state index contributed by atoms with van der Waals surface area (Å²) >= 11 is 0. The van der Waals surface area contributed by atoms with Crippen LogP contribution in [0.4, 0.5) is 4.79 Å². The number of carbonyl (C=O) groups excluding carboxylic acids is 2. The standard InChI is InChI=1S/C21H24BN3O6/c1-14(11-23)19(26)25-9-5-8-21(25,2)13-31-20(27)24-18(22(28)29)10-15-12-30-17-7-4-3-6-16(15)17/h3-4,6-7,12,18,28-29H,1,5,8-10,13H2,2H3,(H,24,27)/t18-,21+/m0/s1. The average Bonchev–Trinajstić information content (AvgIpc) is 3.34. The van der Waals surface area contributed by atoms with Crippen LogP contribution in [0.5, 0.6) is 0 Å². The highest BCUT2D eigenvalue weighted by Gasteiger charge is 2.41. The van der Waals surface area contributed by atoms with Crippen molar-refractivity contribution >= 4 is 30.1 Å². The van der Waals surface area contributed by atoms with Crippen molar-refractivity contribution in [3.8, 4) is 6.07 Å². The molecule has 3 rings (SSSR count). The fourth-order valence-electron chi connectivity index (χ4n) is 3.80. The maximum absolute atomic E-state index is 12.4. The Kier molecular flexibility index (Phi) is 6.68. The number of alkyl carbamates (subject to hydrolysis) is 1. The molecule has 1 aliphatic heterocycles. The Bertz CT molecular complexity index is 1030. The minimum Gasteiger partial charge on any atom is -0.464 e. The van der Waals surface area contributed by atoms with E-state index in [1.807, 2.05) is 18.2 Å². The predicted molar refractivity (Wildman–Crippen MR) is 112 cm³/mol. The Morgan fingerprint density at radius 2 is 2.19 bits per heavy atom. The van der Waals surface area contributed by atoms with Crippen LogP contribution in [-0.4, -0.2) is 58.7 Å². The van der Waals surface area contributed by atoms with Gasteiger partial charge >= 0.3 is 13.2 Å². The van der Waals surface area contributed by atoms with E-state index in [1.165, 1.54) is 11.2 Å². The van der Waals surface area contributed by atoms with Crippen molar-refractivity contribution in [3.05, 3.63) is 48.2 Å². The van der Waals surface area contributed by atoms with Gasteiger partial charge in [-0.05, 0) is 37.8 Å². The Morgan fingerprint density at radius 3 is 2.90 bits per heavy atom. The van der Waals surface area contributed by atoms with Crippen LogP contribution >= 0.6 is 0 Å². The Hall–Kier alpha value is -3.29. The van der Waals surface area contributed by atoms with Gasteiger partial charge in [-0.15, -0.1) is 0 Å². The van der Waals surface area contributed by atoms with Crippen LogP contribution in [-0.2, 0) is 16.0 Å². The van der Waals surface area contributed by atoms with E-state index in [-0.39, 0.29) is 18.6 Å². The Morgan fingerprint density at radius 1 is 1.45 bits per heavy atom. The maximum Gasteiger partial charge on any atom is 0.475 e. The number of ether oxygens (including phenoxy) is 1. The van der Waals surface area contributed by atoms with Gasteiger partial charge in [0.2, 0.25) is 0 Å². The highest BCUT2D eigenvalue weighted by Crippen LogP contribution is 2.30. The molecule has 3 N–H and O–H groups in total. The molecule has 1 aliphatic rings. The van der Waals surface area contributed by atoms with E-state index in [0.29, 0.717) is 30.5 Å². The minimum absolute atomic E-state index is 0.105. The summed E-state index contributed by atoms with van der Waals surface area (Å²) in [5, 5.41) is 31.7. The zero-order valence-corrected chi connectivity index (χ0v) is 17.2. The number of nitrogens with zero attached hydrogens (tertiary/aromatic N) is 2. The molecule has 0 radical (unpaired) electrons. The van der Waals surface area contributed by atoms with Crippen LogP contribution in [0, 0.1) is 11.3 Å². The topological polar surface area (TPSA) is 136 Å². The molecule has 9 nitrogen and oxygen atoms in total. The molecule has 1 saturated heterocycles. The average molecular weight is 425 g/mol. The van der Waals surface area contributed by atoms with Crippen LogP contribution in [0.1, 0.15) is 25.3 Å². The second kappa shape index (κ2) is 9.24. The van der Waals surface area contributed by atoms with E-state index in [1.54, 1.807) is 19.1 Å². The molecule has 162 valence electrons. The van der Waals surface area contributed by atoms with Gasteiger partial charge in [0.15, 0.2) is 0 Å². The molecular weight excluding hydrogens is 401 g/mol. The van der Waals surface area contributed by atoms with E-state index >= 15 is 0 Å². The van der Waals surface area contributed by atoms with Gasteiger partial charge in [0, 0.05) is 11.9 Å². The lowest BCUT2D eigenvalue weighted by atomic mass is 9.76. The predicted octanol–water partition coefficient (Wildman–Crippen LogP) is 1.54. The van der Waals surface area contributed by atoms with Gasteiger partial charge in [0.25, 0.3) is 5.91 Å². The van der Waals surface area contributed by atoms with Crippen LogP contribution in [0.3, 0.4) is 0 Å². The summed E-state index contributed by atoms with van der Waals surface area (Å²) in [5.41, 5.74) is 0.420. The van der Waals surface area contributed by atoms with E-state index in [2.05, 4.69) is 11.9 Å². The molecular formula is C21H24BN3O6. The quantitative estimate of drug-likeness (QED) is 0.348. The number of carbonyl (C=O) groups is 2. The van der Waals surface area contributed by atoms with Gasteiger partial charge in [0.05, 0.1) is 17.7 Å². The van der Waals surface area contributed by atoms with Crippen LogP contribution in [0.15, 0.2) is 47.1 Å². The van der Waals surface area contributed by atoms with E-state index in [4.69, 9.17) is 14.4 Å². The lowest BCUT2D eigenvalue weighted by Gasteiger charge is -2.34. The smallest absolute Gasteiger partial charge is 0.464 e. The molecule has 1 aromatic heterocycles. The molecule has 0 unspecified atom stereocenters. The van der Waals surface area contributed by atoms with Crippen molar-refractivity contribution in [2.24, 2.45) is 0 Å². The normalized spacial score (nSPS) is 19.0. The molecule has 2 atom stereocenters. The number of hydrogen-bond donors (Lipinski definition) is 3. The first-order valence-electron chi connectivity index (χ1n) is 9.90. The zero-order chi connectivity index (χ0) is 22.6. The third-order valence-electron chi connectivity index (χ3n) is 5.57. The summed E-state index contributed by atoms with van der Waals surface area (Å²) in [6, 6.07) is 9.05. The summed E-state index contributed by atoms with van der Waals surface area (Å²) in [5.74, 6) is -1.51. The molecule has 0 bridgehead atoms. The summed E-state index contributed by atoms with van der Waals surface area (Å²) < 4.78 is 10.8. The first kappa shape index (κ1) is 22.4. The van der Waals surface area contributed by atoms with Crippen LogP contribution in [0.2, 0.25) is 0 Å². The molecule has 2 aromatic rings. The number of rotatable bonds is 7. The first-order chi connectivity index (χ1) is 14.7. The molecule has 10 heteroatoms. The van der Waals surface area contributed by atoms with Gasteiger partial charge in [0.1, 0.15) is 23.8 Å². The lowest BCUT2D eigenvalue weighted by molar-refractivity contribution is -0.131. The largest absolute Gasteiger partial charge is 0.475 e. The highest BCUT2D eigenvalue weighted by atomic mass is 16.6. The monoisotopic (exact) mass is 425 g/mol. The van der Waals surface area contributed by atoms with Crippen molar-refractivity contribution < 1.29 is 28.8 Å². The molecule has 1 fully saturated rings. The van der Waals surface area contributed by atoms with Crippen molar-refractivity contribution in [2.75, 3.05) is 13.2 Å². The number of amides is 2. The Balaban J connectivity index is 1.62. The lowest BCUT2D eigenvalue weighted by Crippen LogP contribution is -2.51. The maximum atomic E-state index is 12.4. The molecule has 1 aromatic carbocycles. The highest BCUT2D eigenvalue weighted by molar-refractivity contribution is 6.43. The van der Waals surface area contributed by atoms with Crippen LogP contribution < -0.4 is 5.32 Å². The van der Waals surface area contributed by atoms with E-state index in [0.717, 1.165) is 5.39 Å². The van der Waals surface area contributed by atoms with Crippen molar-refractivity contribution in [2.45, 2.75) is 37.7 Å². The Labute approximate surface area is 180 Å². The number of nitrogens with one attached hydrogen (secondary N) is 1. The van der Waals surface area contributed by atoms with Gasteiger partial charge in [-0.25, -0.2) is 4.79 Å². The molecule has 0 spiro atoms. The van der Waals surface area contributed by atoms with Gasteiger partial charge in [-0.3, -0.25) is 4.79 Å². The molecule has 2 heterocycles. The third kappa shape index (κ3) is 4.90. The SMILES string of the molecule is C=C(C#N)C(=O)N1CCC[C@]1(C)COC(=O)N[C@@H](Cc1coc2ccccc12)B(O)O. The third-order valence-corrected chi connectivity index (χ3v) is 5.57. The van der Waals surface area contributed by atoms with Gasteiger partial charge in [-0.1, -0.05) is 24.8 Å². The first-order valence-corrected chi connectivity index (χ1v) is 9.90. The van der Waals surface area contributed by atoms with Crippen LogP contribution in [0.25, 0.3) is 11.0 Å². The second-order valence-corrected chi connectivity index (χ2v) is 7.85. The summed E-state index contributed by atoms with van der Waals surface area (Å²) in [4.78, 5) is 26.2. The number of hydrogen-bond acceptors (Lipinski definition) is 7. The molecule has 0 saturated carbocycles. The number of fused-ring (bicyclic) bond motifs is 1. The van der Waals surface area contributed by atoms with E-state index in [9.17, 15) is 19.6 Å². The fourth-order valence-corrected chi connectivity index (χ4v) is 3.80. The van der Waals surface area contributed by atoms with Gasteiger partial charge < -0.3 is 29.4 Å². The zero-order valence-electron chi connectivity index (χ0n) is 17.2. The number of furan rings is 1. The number of nitriles is 1. The molecule has 2 amide bonds. The van der Waals surface area contributed by atoms with Crippen molar-refractivity contribution in [1.82, 2.24) is 10.2 Å². The second-order valence-electron chi connectivity index (χ2n) is 7.85. The van der Waals surface area contributed by atoms with E-state index < -0.39 is 30.6 Å². The summed E-state index contributed by atoms with van der Waals surface area (Å²) in [7, 11) is -1.82. The van der Waals surface area contributed by atoms with Crippen molar-refractivity contribution in [1.29, 1.82) is 5.26 Å². The number of para-hydroxylation sites is 1. The fraction of sp³-hybridized carbons (Fsp3) is 0.381. The number of benzene rings is 1.